The first kappa shape index (κ1) is 14.4. The fourth-order valence-corrected chi connectivity index (χ4v) is 2.66. The molecule has 22 heavy (non-hydrogen) atoms. The molecular formula is C18H21N3O. The van der Waals surface area contributed by atoms with Crippen molar-refractivity contribution in [3.05, 3.63) is 54.4 Å². The van der Waals surface area contributed by atoms with E-state index in [-0.39, 0.29) is 0 Å². The first-order valence-corrected chi connectivity index (χ1v) is 7.71. The Morgan fingerprint density at radius 3 is 2.68 bits per heavy atom. The van der Waals surface area contributed by atoms with Gasteiger partial charge in [-0.1, -0.05) is 31.2 Å². The molecule has 4 heteroatoms. The molecule has 114 valence electrons. The highest BCUT2D eigenvalue weighted by Gasteiger charge is 2.12. The first-order chi connectivity index (χ1) is 10.8. The fraction of sp³-hybridized carbons (Fsp3) is 0.278. The van der Waals surface area contributed by atoms with E-state index in [1.807, 2.05) is 42.5 Å². The van der Waals surface area contributed by atoms with E-state index in [0.717, 1.165) is 47.7 Å². The van der Waals surface area contributed by atoms with E-state index in [1.165, 1.54) is 0 Å². The number of anilines is 1. The van der Waals surface area contributed by atoms with Crippen molar-refractivity contribution in [3.8, 4) is 5.75 Å². The summed E-state index contributed by atoms with van der Waals surface area (Å²) in [6, 6.07) is 15.8. The molecule has 0 amide bonds. The molecule has 3 rings (SSSR count). The van der Waals surface area contributed by atoms with Gasteiger partial charge in [0.1, 0.15) is 17.1 Å². The number of fused-ring (bicyclic) bond motifs is 1. The molecule has 0 saturated carbocycles. The minimum Gasteiger partial charge on any atom is -0.493 e. The highest BCUT2D eigenvalue weighted by molar-refractivity contribution is 5.87. The maximum Gasteiger partial charge on any atom is 0.119 e. The predicted octanol–water partition coefficient (Wildman–Crippen LogP) is 3.65. The van der Waals surface area contributed by atoms with Gasteiger partial charge in [-0.25, -0.2) is 4.98 Å². The van der Waals surface area contributed by atoms with Crippen molar-refractivity contribution in [1.29, 1.82) is 0 Å². The van der Waals surface area contributed by atoms with Crippen molar-refractivity contribution >= 4 is 16.7 Å². The maximum atomic E-state index is 6.05. The minimum absolute atomic E-state index is 0.608. The first-order valence-electron chi connectivity index (χ1n) is 7.71. The molecule has 0 radical (unpaired) electrons. The van der Waals surface area contributed by atoms with Gasteiger partial charge in [0.2, 0.25) is 0 Å². The molecule has 0 bridgehead atoms. The van der Waals surface area contributed by atoms with E-state index < -0.39 is 0 Å². The van der Waals surface area contributed by atoms with E-state index >= 15 is 0 Å². The van der Waals surface area contributed by atoms with Gasteiger partial charge in [0.25, 0.3) is 0 Å². The number of imidazole rings is 1. The van der Waals surface area contributed by atoms with Gasteiger partial charge in [0, 0.05) is 13.0 Å². The second-order valence-corrected chi connectivity index (χ2v) is 5.31. The zero-order valence-electron chi connectivity index (χ0n) is 12.8. The number of nitrogens with zero attached hydrogens (tertiary/aromatic N) is 2. The number of rotatable bonds is 6. The number of hydrogen-bond acceptors (Lipinski definition) is 3. The molecule has 1 heterocycles. The summed E-state index contributed by atoms with van der Waals surface area (Å²) in [4.78, 5) is 4.72. The number of nitrogens with two attached hydrogens (primary N) is 1. The normalized spacial score (nSPS) is 11.0. The Morgan fingerprint density at radius 2 is 1.91 bits per heavy atom. The number of aryl methyl sites for hydroxylation is 1. The number of ether oxygens (including phenoxy) is 1. The predicted molar refractivity (Wildman–Crippen MR) is 90.1 cm³/mol. The zero-order valence-corrected chi connectivity index (χ0v) is 12.8. The summed E-state index contributed by atoms with van der Waals surface area (Å²) in [7, 11) is 0. The molecule has 0 aliphatic rings. The van der Waals surface area contributed by atoms with Crippen molar-refractivity contribution in [2.45, 2.75) is 26.3 Å². The Kier molecular flexibility index (Phi) is 4.28. The fourth-order valence-electron chi connectivity index (χ4n) is 2.66. The van der Waals surface area contributed by atoms with Crippen LogP contribution in [0, 0.1) is 0 Å². The topological polar surface area (TPSA) is 53.1 Å². The molecule has 0 aliphatic heterocycles. The van der Waals surface area contributed by atoms with Gasteiger partial charge in [-0.2, -0.15) is 0 Å². The molecule has 0 saturated heterocycles. The average Bonchev–Trinajstić information content (AvgIpc) is 2.89. The lowest BCUT2D eigenvalue weighted by Gasteiger charge is -2.09. The Morgan fingerprint density at radius 1 is 1.09 bits per heavy atom. The standard InChI is InChI=1S/C18H21N3O/c1-2-12-21-16-10-6-9-15(19)18(16)20-17(21)11-13-22-14-7-4-3-5-8-14/h3-10H,2,11-13,19H2,1H3. The van der Waals surface area contributed by atoms with Crippen LogP contribution >= 0.6 is 0 Å². The maximum absolute atomic E-state index is 6.05. The van der Waals surface area contributed by atoms with Gasteiger partial charge < -0.3 is 15.0 Å². The van der Waals surface area contributed by atoms with Crippen LogP contribution in [0.25, 0.3) is 11.0 Å². The van der Waals surface area contributed by atoms with Crippen LogP contribution in [0.4, 0.5) is 5.69 Å². The molecule has 4 nitrogen and oxygen atoms in total. The third-order valence-electron chi connectivity index (χ3n) is 3.67. The van der Waals surface area contributed by atoms with Gasteiger partial charge in [-0.15, -0.1) is 0 Å². The van der Waals surface area contributed by atoms with E-state index in [2.05, 4.69) is 17.6 Å². The Labute approximate surface area is 130 Å². The van der Waals surface area contributed by atoms with Crippen LogP contribution in [0.15, 0.2) is 48.5 Å². The van der Waals surface area contributed by atoms with E-state index in [4.69, 9.17) is 15.5 Å². The molecule has 0 atom stereocenters. The highest BCUT2D eigenvalue weighted by atomic mass is 16.5. The van der Waals surface area contributed by atoms with Crippen LogP contribution in [0.2, 0.25) is 0 Å². The molecule has 0 spiro atoms. The monoisotopic (exact) mass is 295 g/mol. The van der Waals surface area contributed by atoms with Crippen molar-refractivity contribution < 1.29 is 4.74 Å². The van der Waals surface area contributed by atoms with Crippen molar-refractivity contribution in [2.24, 2.45) is 0 Å². The lowest BCUT2D eigenvalue weighted by molar-refractivity contribution is 0.317. The van der Waals surface area contributed by atoms with Crippen molar-refractivity contribution in [3.63, 3.8) is 0 Å². The summed E-state index contributed by atoms with van der Waals surface area (Å²) in [5, 5.41) is 0. The molecule has 2 N–H and O–H groups in total. The van der Waals surface area contributed by atoms with Gasteiger partial charge in [0.05, 0.1) is 17.8 Å². The zero-order chi connectivity index (χ0) is 15.4. The van der Waals surface area contributed by atoms with Crippen LogP contribution in [-0.4, -0.2) is 16.2 Å². The van der Waals surface area contributed by atoms with Crippen molar-refractivity contribution in [2.75, 3.05) is 12.3 Å². The molecule has 0 unspecified atom stereocenters. The number of benzene rings is 2. The van der Waals surface area contributed by atoms with E-state index in [1.54, 1.807) is 0 Å². The van der Waals surface area contributed by atoms with E-state index in [0.29, 0.717) is 6.61 Å². The number of hydrogen-bond donors (Lipinski definition) is 1. The third kappa shape index (κ3) is 2.91. The lowest BCUT2D eigenvalue weighted by atomic mass is 10.2. The van der Waals surface area contributed by atoms with Gasteiger partial charge in [-0.05, 0) is 30.7 Å². The Bertz CT molecular complexity index is 750. The molecule has 1 aromatic heterocycles. The summed E-state index contributed by atoms with van der Waals surface area (Å²) in [6.07, 6.45) is 1.83. The largest absolute Gasteiger partial charge is 0.493 e. The quantitative estimate of drug-likeness (QED) is 0.706. The van der Waals surface area contributed by atoms with Gasteiger partial charge >= 0.3 is 0 Å². The highest BCUT2D eigenvalue weighted by Crippen LogP contribution is 2.22. The molecular weight excluding hydrogens is 274 g/mol. The summed E-state index contributed by atoms with van der Waals surface area (Å²) in [5.41, 5.74) is 8.78. The van der Waals surface area contributed by atoms with Crippen LogP contribution in [-0.2, 0) is 13.0 Å². The third-order valence-corrected chi connectivity index (χ3v) is 3.67. The second-order valence-electron chi connectivity index (χ2n) is 5.31. The smallest absolute Gasteiger partial charge is 0.119 e. The summed E-state index contributed by atoms with van der Waals surface area (Å²) in [6.45, 7) is 3.72. The second kappa shape index (κ2) is 6.52. The number of para-hydroxylation sites is 2. The molecule has 3 aromatic rings. The summed E-state index contributed by atoms with van der Waals surface area (Å²) < 4.78 is 8.03. The average molecular weight is 295 g/mol. The summed E-state index contributed by atoms with van der Waals surface area (Å²) >= 11 is 0. The number of aromatic nitrogens is 2. The lowest BCUT2D eigenvalue weighted by Crippen LogP contribution is -2.08. The molecule has 0 fully saturated rings. The molecule has 2 aromatic carbocycles. The number of nitrogen functional groups attached to an aromatic ring is 1. The Balaban J connectivity index is 1.80. The van der Waals surface area contributed by atoms with Gasteiger partial charge in [0.15, 0.2) is 0 Å². The van der Waals surface area contributed by atoms with Crippen LogP contribution in [0.3, 0.4) is 0 Å². The van der Waals surface area contributed by atoms with Crippen LogP contribution < -0.4 is 10.5 Å². The SMILES string of the molecule is CCCn1c(CCOc2ccccc2)nc2c(N)cccc21. The Hall–Kier alpha value is -2.49. The van der Waals surface area contributed by atoms with E-state index in [9.17, 15) is 0 Å². The van der Waals surface area contributed by atoms with Crippen LogP contribution in [0.1, 0.15) is 19.2 Å². The molecule has 0 aliphatic carbocycles. The van der Waals surface area contributed by atoms with Crippen molar-refractivity contribution in [1.82, 2.24) is 9.55 Å². The minimum atomic E-state index is 0.608. The van der Waals surface area contributed by atoms with Gasteiger partial charge in [-0.3, -0.25) is 0 Å². The summed E-state index contributed by atoms with van der Waals surface area (Å²) in [5.74, 6) is 1.92. The van der Waals surface area contributed by atoms with Crippen LogP contribution in [0.5, 0.6) is 5.75 Å².